The maximum atomic E-state index is 12.4. The summed E-state index contributed by atoms with van der Waals surface area (Å²) in [5.74, 6) is 0.421. The number of amides is 1. The van der Waals surface area contributed by atoms with Crippen molar-refractivity contribution in [2.24, 2.45) is 0 Å². The monoisotopic (exact) mass is 380 g/mol. The fraction of sp³-hybridized carbons (Fsp3) is 0.318. The molecule has 3 heterocycles. The standard InChI is InChI=1S/C22H24N2O2S/c1-16-5-7-18(8-6-16)21-17(2)27-15-19(21)14-23-9-11-24(12-10-23)22(25)20-4-3-13-26-20/h3-8,13,15H,9-12,14H2,1-2H3. The lowest BCUT2D eigenvalue weighted by Crippen LogP contribution is -2.48. The van der Waals surface area contributed by atoms with Crippen LogP contribution in [0, 0.1) is 13.8 Å². The molecule has 1 amide bonds. The van der Waals surface area contributed by atoms with Crippen LogP contribution in [0.4, 0.5) is 0 Å². The molecule has 1 fully saturated rings. The number of furan rings is 1. The summed E-state index contributed by atoms with van der Waals surface area (Å²) in [6.45, 7) is 8.49. The fourth-order valence-electron chi connectivity index (χ4n) is 3.63. The van der Waals surface area contributed by atoms with Crippen LogP contribution in [0.1, 0.15) is 26.6 Å². The average molecular weight is 381 g/mol. The molecule has 4 rings (SSSR count). The zero-order valence-corrected chi connectivity index (χ0v) is 16.6. The van der Waals surface area contributed by atoms with E-state index in [1.165, 1.54) is 27.1 Å². The lowest BCUT2D eigenvalue weighted by atomic mass is 10.0. The quantitative estimate of drug-likeness (QED) is 0.665. The van der Waals surface area contributed by atoms with Crippen molar-refractivity contribution >= 4 is 17.2 Å². The molecule has 1 aromatic carbocycles. The van der Waals surface area contributed by atoms with E-state index in [1.54, 1.807) is 18.4 Å². The van der Waals surface area contributed by atoms with Crippen molar-refractivity contribution < 1.29 is 9.21 Å². The molecule has 0 unspecified atom stereocenters. The molecule has 0 radical (unpaired) electrons. The molecule has 1 aliphatic heterocycles. The van der Waals surface area contributed by atoms with Crippen molar-refractivity contribution in [2.45, 2.75) is 20.4 Å². The molecule has 0 N–H and O–H groups in total. The van der Waals surface area contributed by atoms with Crippen molar-refractivity contribution in [2.75, 3.05) is 26.2 Å². The van der Waals surface area contributed by atoms with Crippen molar-refractivity contribution in [1.82, 2.24) is 9.80 Å². The minimum Gasteiger partial charge on any atom is -0.459 e. The SMILES string of the molecule is Cc1ccc(-c2c(CN3CCN(C(=O)c4ccco4)CC3)csc2C)cc1. The molecule has 1 saturated heterocycles. The average Bonchev–Trinajstić information content (AvgIpc) is 3.33. The second kappa shape index (κ2) is 7.71. The molecule has 0 aliphatic carbocycles. The maximum absolute atomic E-state index is 12.4. The highest BCUT2D eigenvalue weighted by molar-refractivity contribution is 7.10. The molecular formula is C22H24N2O2S. The third-order valence-corrected chi connectivity index (χ3v) is 6.14. The van der Waals surface area contributed by atoms with Gasteiger partial charge < -0.3 is 9.32 Å². The zero-order valence-electron chi connectivity index (χ0n) is 15.8. The maximum Gasteiger partial charge on any atom is 0.289 e. The zero-order chi connectivity index (χ0) is 18.8. The Labute approximate surface area is 164 Å². The molecule has 0 spiro atoms. The summed E-state index contributed by atoms with van der Waals surface area (Å²) in [6.07, 6.45) is 1.55. The number of piperazine rings is 1. The Kier molecular flexibility index (Phi) is 5.14. The van der Waals surface area contributed by atoms with Crippen LogP contribution in [0.2, 0.25) is 0 Å². The van der Waals surface area contributed by atoms with Crippen LogP contribution in [0.5, 0.6) is 0 Å². The molecule has 0 atom stereocenters. The highest BCUT2D eigenvalue weighted by atomic mass is 32.1. The van der Waals surface area contributed by atoms with Crippen LogP contribution in [-0.2, 0) is 6.54 Å². The van der Waals surface area contributed by atoms with Gasteiger partial charge in [-0.2, -0.15) is 0 Å². The third-order valence-electron chi connectivity index (χ3n) is 5.18. The molecule has 2 aromatic heterocycles. The number of hydrogen-bond donors (Lipinski definition) is 0. The number of carbonyl (C=O) groups excluding carboxylic acids is 1. The van der Waals surface area contributed by atoms with Crippen LogP contribution < -0.4 is 0 Å². The van der Waals surface area contributed by atoms with E-state index in [2.05, 4.69) is 48.4 Å². The van der Waals surface area contributed by atoms with Gasteiger partial charge in [0.05, 0.1) is 6.26 Å². The molecule has 140 valence electrons. The van der Waals surface area contributed by atoms with Crippen molar-refractivity contribution in [3.8, 4) is 11.1 Å². The van der Waals surface area contributed by atoms with Gasteiger partial charge in [-0.15, -0.1) is 11.3 Å². The van der Waals surface area contributed by atoms with Crippen LogP contribution in [0.25, 0.3) is 11.1 Å². The number of thiophene rings is 1. The molecule has 4 nitrogen and oxygen atoms in total. The number of carbonyl (C=O) groups is 1. The highest BCUT2D eigenvalue weighted by Gasteiger charge is 2.24. The Bertz CT molecular complexity index is 904. The van der Waals surface area contributed by atoms with Gasteiger partial charge >= 0.3 is 0 Å². The Hall–Kier alpha value is -2.37. The van der Waals surface area contributed by atoms with E-state index in [4.69, 9.17) is 4.42 Å². The van der Waals surface area contributed by atoms with E-state index >= 15 is 0 Å². The molecule has 0 saturated carbocycles. The normalized spacial score (nSPS) is 15.3. The number of hydrogen-bond acceptors (Lipinski definition) is 4. The second-order valence-corrected chi connectivity index (χ2v) is 8.19. The lowest BCUT2D eigenvalue weighted by Gasteiger charge is -2.34. The van der Waals surface area contributed by atoms with Gasteiger partial charge in [0.25, 0.3) is 5.91 Å². The first-order valence-corrected chi connectivity index (χ1v) is 10.2. The van der Waals surface area contributed by atoms with Gasteiger partial charge in [-0.05, 0) is 48.1 Å². The van der Waals surface area contributed by atoms with E-state index in [0.29, 0.717) is 5.76 Å². The Morgan fingerprint density at radius 2 is 1.81 bits per heavy atom. The Morgan fingerprint density at radius 1 is 1.07 bits per heavy atom. The van der Waals surface area contributed by atoms with E-state index in [0.717, 1.165) is 32.7 Å². The van der Waals surface area contributed by atoms with Crippen molar-refractivity contribution in [3.05, 3.63) is 69.8 Å². The van der Waals surface area contributed by atoms with E-state index < -0.39 is 0 Å². The number of aryl methyl sites for hydroxylation is 2. The molecule has 0 bridgehead atoms. The number of rotatable bonds is 4. The summed E-state index contributed by atoms with van der Waals surface area (Å²) in [5, 5.41) is 2.28. The van der Waals surface area contributed by atoms with Crippen LogP contribution in [0.15, 0.2) is 52.5 Å². The Morgan fingerprint density at radius 3 is 2.48 bits per heavy atom. The first-order chi connectivity index (χ1) is 13.1. The minimum absolute atomic E-state index is 0.00799. The fourth-order valence-corrected chi connectivity index (χ4v) is 4.51. The summed E-state index contributed by atoms with van der Waals surface area (Å²) in [6, 6.07) is 12.3. The first kappa shape index (κ1) is 18.0. The largest absolute Gasteiger partial charge is 0.459 e. The summed E-state index contributed by atoms with van der Waals surface area (Å²) in [7, 11) is 0. The molecule has 5 heteroatoms. The number of benzene rings is 1. The number of nitrogens with zero attached hydrogens (tertiary/aromatic N) is 2. The molecule has 27 heavy (non-hydrogen) atoms. The third kappa shape index (κ3) is 3.84. The topological polar surface area (TPSA) is 36.7 Å². The summed E-state index contributed by atoms with van der Waals surface area (Å²) < 4.78 is 5.24. The summed E-state index contributed by atoms with van der Waals surface area (Å²) in [5.41, 5.74) is 5.33. The van der Waals surface area contributed by atoms with Gasteiger partial charge in [-0.1, -0.05) is 29.8 Å². The van der Waals surface area contributed by atoms with Gasteiger partial charge in [0, 0.05) is 37.6 Å². The van der Waals surface area contributed by atoms with Crippen LogP contribution >= 0.6 is 11.3 Å². The molecule has 3 aromatic rings. The summed E-state index contributed by atoms with van der Waals surface area (Å²) in [4.78, 5) is 18.1. The van der Waals surface area contributed by atoms with Crippen molar-refractivity contribution in [1.29, 1.82) is 0 Å². The first-order valence-electron chi connectivity index (χ1n) is 9.31. The van der Waals surface area contributed by atoms with Gasteiger partial charge in [0.1, 0.15) is 0 Å². The smallest absolute Gasteiger partial charge is 0.289 e. The Balaban J connectivity index is 1.43. The van der Waals surface area contributed by atoms with Crippen LogP contribution in [0.3, 0.4) is 0 Å². The summed E-state index contributed by atoms with van der Waals surface area (Å²) >= 11 is 1.82. The molecular weight excluding hydrogens is 356 g/mol. The van der Waals surface area contributed by atoms with E-state index in [-0.39, 0.29) is 5.91 Å². The van der Waals surface area contributed by atoms with Crippen LogP contribution in [-0.4, -0.2) is 41.9 Å². The van der Waals surface area contributed by atoms with Gasteiger partial charge in [0.15, 0.2) is 5.76 Å². The van der Waals surface area contributed by atoms with E-state index in [9.17, 15) is 4.79 Å². The lowest BCUT2D eigenvalue weighted by molar-refractivity contribution is 0.0598. The van der Waals surface area contributed by atoms with Crippen molar-refractivity contribution in [3.63, 3.8) is 0 Å². The predicted octanol–water partition coefficient (Wildman–Crippen LogP) is 4.58. The predicted molar refractivity (Wildman–Crippen MR) is 109 cm³/mol. The van der Waals surface area contributed by atoms with Gasteiger partial charge in [-0.3, -0.25) is 9.69 Å². The minimum atomic E-state index is -0.00799. The van der Waals surface area contributed by atoms with E-state index in [1.807, 2.05) is 16.2 Å². The van der Waals surface area contributed by atoms with Gasteiger partial charge in [-0.25, -0.2) is 0 Å². The highest BCUT2D eigenvalue weighted by Crippen LogP contribution is 2.33. The second-order valence-electron chi connectivity index (χ2n) is 7.10. The van der Waals surface area contributed by atoms with Gasteiger partial charge in [0.2, 0.25) is 0 Å². The molecule has 1 aliphatic rings.